The van der Waals surface area contributed by atoms with Gasteiger partial charge in [-0.15, -0.1) is 0 Å². The van der Waals surface area contributed by atoms with Crippen LogP contribution in [0.2, 0.25) is 0 Å². The lowest BCUT2D eigenvalue weighted by molar-refractivity contribution is -0.151. The molecule has 1 aromatic rings. The zero-order valence-corrected chi connectivity index (χ0v) is 14.4. The topological polar surface area (TPSA) is 92.6 Å². The molecule has 0 saturated carbocycles. The number of nitrogens with zero attached hydrogens (tertiary/aromatic N) is 3. The molecule has 2 heterocycles. The highest BCUT2D eigenvalue weighted by Crippen LogP contribution is 2.31. The first-order valence-electron chi connectivity index (χ1n) is 7.31. The lowest BCUT2D eigenvalue weighted by atomic mass is 9.88. The summed E-state index contributed by atoms with van der Waals surface area (Å²) in [5.41, 5.74) is 0.725. The van der Waals surface area contributed by atoms with Crippen LogP contribution in [0.3, 0.4) is 0 Å². The van der Waals surface area contributed by atoms with Gasteiger partial charge in [-0.2, -0.15) is 0 Å². The minimum atomic E-state index is -0.995. The fourth-order valence-electron chi connectivity index (χ4n) is 2.69. The number of aromatic nitrogens is 2. The monoisotopic (exact) mass is 339 g/mol. The Morgan fingerprint density at radius 1 is 1.39 bits per heavy atom. The molecule has 7 nitrogen and oxygen atoms in total. The predicted octanol–water partition coefficient (Wildman–Crippen LogP) is 1.14. The molecule has 0 aliphatic carbocycles. The van der Waals surface area contributed by atoms with E-state index in [4.69, 9.17) is 4.74 Å². The number of amides is 1. The van der Waals surface area contributed by atoms with Crippen molar-refractivity contribution in [1.29, 1.82) is 0 Å². The van der Waals surface area contributed by atoms with Crippen LogP contribution >= 0.6 is 11.8 Å². The van der Waals surface area contributed by atoms with Crippen LogP contribution in [-0.4, -0.2) is 64.4 Å². The van der Waals surface area contributed by atoms with Gasteiger partial charge in [0.2, 0.25) is 5.91 Å². The van der Waals surface area contributed by atoms with E-state index < -0.39 is 11.4 Å². The number of ether oxygens (including phenoxy) is 1. The van der Waals surface area contributed by atoms with Crippen molar-refractivity contribution in [1.82, 2.24) is 14.9 Å². The third-order valence-electron chi connectivity index (χ3n) is 3.87. The smallest absolute Gasteiger partial charge is 0.313 e. The normalized spacial score (nSPS) is 20.7. The molecular formula is C15H21N3O4S. The van der Waals surface area contributed by atoms with Crippen LogP contribution in [0.1, 0.15) is 17.8 Å². The summed E-state index contributed by atoms with van der Waals surface area (Å²) < 4.78 is 5.03. The van der Waals surface area contributed by atoms with E-state index in [1.165, 1.54) is 18.9 Å². The molecule has 126 valence electrons. The molecule has 1 amide bonds. The number of carboxylic acids is 1. The van der Waals surface area contributed by atoms with Gasteiger partial charge in [0.05, 0.1) is 12.4 Å². The van der Waals surface area contributed by atoms with Gasteiger partial charge < -0.3 is 14.7 Å². The number of thioether (sulfide) groups is 1. The quantitative estimate of drug-likeness (QED) is 0.613. The van der Waals surface area contributed by atoms with Crippen molar-refractivity contribution in [3.05, 3.63) is 17.5 Å². The van der Waals surface area contributed by atoms with Gasteiger partial charge in [-0.1, -0.05) is 11.8 Å². The van der Waals surface area contributed by atoms with Crippen LogP contribution in [0.25, 0.3) is 0 Å². The largest absolute Gasteiger partial charge is 0.481 e. The molecular weight excluding hydrogens is 318 g/mol. The van der Waals surface area contributed by atoms with Crippen LogP contribution in [0, 0.1) is 19.3 Å². The summed E-state index contributed by atoms with van der Waals surface area (Å²) in [7, 11) is 1.47. The van der Waals surface area contributed by atoms with E-state index in [2.05, 4.69) is 9.97 Å². The lowest BCUT2D eigenvalue weighted by Gasteiger charge is -2.23. The maximum Gasteiger partial charge on any atom is 0.313 e. The minimum Gasteiger partial charge on any atom is -0.481 e. The molecule has 23 heavy (non-hydrogen) atoms. The molecule has 1 saturated heterocycles. The fraction of sp³-hybridized carbons (Fsp3) is 0.600. The summed E-state index contributed by atoms with van der Waals surface area (Å²) in [5.74, 6) is -0.817. The number of hydrogen-bond acceptors (Lipinski definition) is 6. The Bertz CT molecular complexity index is 590. The van der Waals surface area contributed by atoms with E-state index in [0.717, 1.165) is 11.4 Å². The van der Waals surface area contributed by atoms with Gasteiger partial charge in [-0.3, -0.25) is 9.59 Å². The number of carboxylic acid groups (broad SMARTS) is 1. The molecule has 2 rings (SSSR count). The van der Waals surface area contributed by atoms with E-state index in [0.29, 0.717) is 18.1 Å². The SMILES string of the molecule is COCC1(C(=O)O)CCN(C(=O)CSc2nc(C)cc(C)n2)C1. The summed E-state index contributed by atoms with van der Waals surface area (Å²) in [6.07, 6.45) is 0.409. The zero-order valence-electron chi connectivity index (χ0n) is 13.5. The van der Waals surface area contributed by atoms with Crippen molar-refractivity contribution in [2.24, 2.45) is 5.41 Å². The van der Waals surface area contributed by atoms with Gasteiger partial charge >= 0.3 is 5.97 Å². The molecule has 1 unspecified atom stereocenters. The van der Waals surface area contributed by atoms with E-state index in [1.54, 1.807) is 4.90 Å². The summed E-state index contributed by atoms with van der Waals surface area (Å²) in [6.45, 7) is 4.49. The summed E-state index contributed by atoms with van der Waals surface area (Å²) >= 11 is 1.27. The Hall–Kier alpha value is -1.67. The number of carbonyl (C=O) groups excluding carboxylic acids is 1. The Morgan fingerprint density at radius 3 is 2.61 bits per heavy atom. The maximum absolute atomic E-state index is 12.3. The number of hydrogen-bond donors (Lipinski definition) is 1. The predicted molar refractivity (Wildman–Crippen MR) is 85.4 cm³/mol. The molecule has 1 N–H and O–H groups in total. The Labute approximate surface area is 139 Å². The highest BCUT2D eigenvalue weighted by Gasteiger charge is 2.46. The van der Waals surface area contributed by atoms with Crippen LogP contribution in [-0.2, 0) is 14.3 Å². The number of methoxy groups -OCH3 is 1. The molecule has 1 aromatic heterocycles. The Kier molecular flexibility index (Phi) is 5.59. The molecule has 0 bridgehead atoms. The molecule has 1 fully saturated rings. The second-order valence-corrected chi connectivity index (χ2v) is 6.75. The van der Waals surface area contributed by atoms with E-state index in [-0.39, 0.29) is 24.8 Å². The highest BCUT2D eigenvalue weighted by molar-refractivity contribution is 7.99. The van der Waals surface area contributed by atoms with Crippen molar-refractivity contribution in [3.8, 4) is 0 Å². The molecule has 0 radical (unpaired) electrons. The lowest BCUT2D eigenvalue weighted by Crippen LogP contribution is -2.40. The first kappa shape index (κ1) is 17.7. The third-order valence-corrected chi connectivity index (χ3v) is 4.70. The second-order valence-electron chi connectivity index (χ2n) is 5.81. The van der Waals surface area contributed by atoms with Gasteiger partial charge in [0.25, 0.3) is 0 Å². The van der Waals surface area contributed by atoms with Gasteiger partial charge in [-0.25, -0.2) is 9.97 Å². The standard InChI is InChI=1S/C15H21N3O4S/c1-10-6-11(2)17-14(16-10)23-7-12(19)18-5-4-15(8-18,9-22-3)13(20)21/h6H,4-5,7-9H2,1-3H3,(H,20,21). The molecule has 1 aliphatic rings. The Balaban J connectivity index is 1.95. The van der Waals surface area contributed by atoms with Gasteiger partial charge in [0.15, 0.2) is 5.16 Å². The molecule has 8 heteroatoms. The number of aryl methyl sites for hydroxylation is 2. The van der Waals surface area contributed by atoms with Crippen LogP contribution in [0.5, 0.6) is 0 Å². The second kappa shape index (κ2) is 7.27. The van der Waals surface area contributed by atoms with Gasteiger partial charge in [0.1, 0.15) is 5.41 Å². The number of likely N-dealkylation sites (tertiary alicyclic amines) is 1. The molecule has 1 aliphatic heterocycles. The van der Waals surface area contributed by atoms with E-state index in [9.17, 15) is 14.7 Å². The van der Waals surface area contributed by atoms with Crippen LogP contribution in [0.4, 0.5) is 0 Å². The average molecular weight is 339 g/mol. The van der Waals surface area contributed by atoms with Crippen LogP contribution < -0.4 is 0 Å². The third kappa shape index (κ3) is 4.20. The van der Waals surface area contributed by atoms with Crippen LogP contribution in [0.15, 0.2) is 11.2 Å². The number of carbonyl (C=O) groups is 2. The number of aliphatic carboxylic acids is 1. The summed E-state index contributed by atoms with van der Waals surface area (Å²) in [5, 5.41) is 9.99. The molecule has 0 spiro atoms. The van der Waals surface area contributed by atoms with Gasteiger partial charge in [-0.05, 0) is 26.3 Å². The molecule has 1 atom stereocenters. The van der Waals surface area contributed by atoms with E-state index in [1.807, 2.05) is 19.9 Å². The molecule has 0 aromatic carbocycles. The first-order valence-corrected chi connectivity index (χ1v) is 8.30. The maximum atomic E-state index is 12.3. The van der Waals surface area contributed by atoms with Crippen molar-refractivity contribution < 1.29 is 19.4 Å². The fourth-order valence-corrected chi connectivity index (χ4v) is 3.54. The highest BCUT2D eigenvalue weighted by atomic mass is 32.2. The minimum absolute atomic E-state index is 0.100. The van der Waals surface area contributed by atoms with Crippen molar-refractivity contribution in [2.45, 2.75) is 25.4 Å². The van der Waals surface area contributed by atoms with Crippen molar-refractivity contribution in [2.75, 3.05) is 32.6 Å². The van der Waals surface area contributed by atoms with Crippen molar-refractivity contribution in [3.63, 3.8) is 0 Å². The Morgan fingerprint density at radius 2 is 2.04 bits per heavy atom. The van der Waals surface area contributed by atoms with E-state index >= 15 is 0 Å². The zero-order chi connectivity index (χ0) is 17.0. The number of rotatable bonds is 6. The average Bonchev–Trinajstić information content (AvgIpc) is 2.90. The first-order chi connectivity index (χ1) is 10.9. The summed E-state index contributed by atoms with van der Waals surface area (Å²) in [4.78, 5) is 34.0. The van der Waals surface area contributed by atoms with Crippen molar-refractivity contribution >= 4 is 23.6 Å². The summed E-state index contributed by atoms with van der Waals surface area (Å²) in [6, 6.07) is 1.87. The van der Waals surface area contributed by atoms with Gasteiger partial charge in [0, 0.05) is 31.6 Å².